The standard InChI is InChI=1S/C17H26F2N2/c1-17(2,21-8-6-4-5-7-9-21)16(20-3)13-10-14(18)12-15(19)11-13/h10-12,16,20H,4-9H2,1-3H3. The molecule has 0 amide bonds. The summed E-state index contributed by atoms with van der Waals surface area (Å²) < 4.78 is 27.1. The third-order valence-corrected chi connectivity index (χ3v) is 4.63. The van der Waals surface area contributed by atoms with Crippen LogP contribution in [0.4, 0.5) is 8.78 Å². The lowest BCUT2D eigenvalue weighted by molar-refractivity contribution is 0.0862. The lowest BCUT2D eigenvalue weighted by atomic mass is 9.86. The molecular formula is C17H26F2N2. The first kappa shape index (κ1) is 16.4. The summed E-state index contributed by atoms with van der Waals surface area (Å²) in [6.45, 7) is 6.40. The van der Waals surface area contributed by atoms with Gasteiger partial charge in [0.1, 0.15) is 11.6 Å². The monoisotopic (exact) mass is 296 g/mol. The molecule has 21 heavy (non-hydrogen) atoms. The van der Waals surface area contributed by atoms with E-state index in [4.69, 9.17) is 0 Å². The van der Waals surface area contributed by atoms with E-state index in [-0.39, 0.29) is 11.6 Å². The fourth-order valence-corrected chi connectivity index (χ4v) is 3.50. The summed E-state index contributed by atoms with van der Waals surface area (Å²) in [7, 11) is 1.85. The van der Waals surface area contributed by atoms with Crippen LogP contribution in [0, 0.1) is 11.6 Å². The number of likely N-dealkylation sites (N-methyl/N-ethyl adjacent to an activating group) is 1. The third kappa shape index (κ3) is 3.80. The van der Waals surface area contributed by atoms with Gasteiger partial charge in [-0.1, -0.05) is 12.8 Å². The van der Waals surface area contributed by atoms with Crippen molar-refractivity contribution < 1.29 is 8.78 Å². The second kappa shape index (κ2) is 6.84. The molecule has 4 heteroatoms. The first-order valence-electron chi connectivity index (χ1n) is 7.83. The van der Waals surface area contributed by atoms with Crippen LogP contribution in [-0.2, 0) is 0 Å². The van der Waals surface area contributed by atoms with E-state index in [1.165, 1.54) is 37.8 Å². The summed E-state index contributed by atoms with van der Waals surface area (Å²) in [5.41, 5.74) is 0.475. The quantitative estimate of drug-likeness (QED) is 0.907. The van der Waals surface area contributed by atoms with Gasteiger partial charge in [0.2, 0.25) is 0 Å². The van der Waals surface area contributed by atoms with Gasteiger partial charge in [0.15, 0.2) is 0 Å². The number of nitrogens with zero attached hydrogens (tertiary/aromatic N) is 1. The summed E-state index contributed by atoms with van der Waals surface area (Å²) >= 11 is 0. The van der Waals surface area contributed by atoms with Crippen LogP contribution in [0.2, 0.25) is 0 Å². The molecule has 2 rings (SSSR count). The molecule has 1 heterocycles. The largest absolute Gasteiger partial charge is 0.311 e. The molecule has 1 aliphatic heterocycles. The first-order valence-corrected chi connectivity index (χ1v) is 7.83. The van der Waals surface area contributed by atoms with Crippen molar-refractivity contribution in [2.45, 2.75) is 51.1 Å². The molecule has 0 radical (unpaired) electrons. The summed E-state index contributed by atoms with van der Waals surface area (Å²) in [4.78, 5) is 2.45. The third-order valence-electron chi connectivity index (χ3n) is 4.63. The van der Waals surface area contributed by atoms with Gasteiger partial charge in [-0.15, -0.1) is 0 Å². The Morgan fingerprint density at radius 3 is 2.00 bits per heavy atom. The van der Waals surface area contributed by atoms with Gasteiger partial charge in [0.25, 0.3) is 0 Å². The molecule has 0 bridgehead atoms. The van der Waals surface area contributed by atoms with Crippen LogP contribution in [0.1, 0.15) is 51.1 Å². The molecule has 1 N–H and O–H groups in total. The molecule has 2 nitrogen and oxygen atoms in total. The Hall–Kier alpha value is -1.00. The van der Waals surface area contributed by atoms with Crippen LogP contribution in [-0.4, -0.2) is 30.6 Å². The maximum Gasteiger partial charge on any atom is 0.126 e. The Labute approximate surface area is 126 Å². The Bertz CT molecular complexity index is 446. The van der Waals surface area contributed by atoms with Gasteiger partial charge in [0, 0.05) is 11.6 Å². The Morgan fingerprint density at radius 2 is 1.52 bits per heavy atom. The minimum Gasteiger partial charge on any atom is -0.311 e. The average Bonchev–Trinajstić information content (AvgIpc) is 2.67. The lowest BCUT2D eigenvalue weighted by Crippen LogP contribution is -2.52. The second-order valence-electron chi connectivity index (χ2n) is 6.48. The van der Waals surface area contributed by atoms with E-state index >= 15 is 0 Å². The summed E-state index contributed by atoms with van der Waals surface area (Å²) in [6, 6.07) is 3.68. The number of hydrogen-bond acceptors (Lipinski definition) is 2. The number of likely N-dealkylation sites (tertiary alicyclic amines) is 1. The summed E-state index contributed by atoms with van der Waals surface area (Å²) in [5, 5.41) is 3.26. The van der Waals surface area contributed by atoms with Crippen LogP contribution in [0.5, 0.6) is 0 Å². The van der Waals surface area contributed by atoms with Crippen molar-refractivity contribution in [2.24, 2.45) is 0 Å². The van der Waals surface area contributed by atoms with Crippen molar-refractivity contribution in [1.82, 2.24) is 10.2 Å². The normalized spacial score (nSPS) is 19.3. The van der Waals surface area contributed by atoms with E-state index in [1.54, 1.807) is 0 Å². The highest BCUT2D eigenvalue weighted by Crippen LogP contribution is 2.33. The van der Waals surface area contributed by atoms with E-state index in [0.717, 1.165) is 19.2 Å². The molecule has 1 atom stereocenters. The predicted molar refractivity (Wildman–Crippen MR) is 82.3 cm³/mol. The van der Waals surface area contributed by atoms with Gasteiger partial charge in [-0.25, -0.2) is 8.78 Å². The van der Waals surface area contributed by atoms with Gasteiger partial charge in [-0.05, 0) is 64.5 Å². The molecule has 1 aromatic carbocycles. The Morgan fingerprint density at radius 1 is 1.00 bits per heavy atom. The van der Waals surface area contributed by atoms with Gasteiger partial charge in [-0.2, -0.15) is 0 Å². The molecule has 1 aromatic rings. The van der Waals surface area contributed by atoms with Crippen molar-refractivity contribution in [1.29, 1.82) is 0 Å². The topological polar surface area (TPSA) is 15.3 Å². The maximum absolute atomic E-state index is 13.5. The minimum atomic E-state index is -0.517. The number of nitrogens with one attached hydrogen (secondary N) is 1. The van der Waals surface area contributed by atoms with Gasteiger partial charge < -0.3 is 5.32 Å². The molecule has 1 unspecified atom stereocenters. The molecule has 1 aliphatic rings. The zero-order valence-corrected chi connectivity index (χ0v) is 13.3. The van der Waals surface area contributed by atoms with E-state index in [9.17, 15) is 8.78 Å². The number of halogens is 2. The van der Waals surface area contributed by atoms with E-state index < -0.39 is 11.6 Å². The molecule has 1 fully saturated rings. The predicted octanol–water partition coefficient (Wildman–Crippen LogP) is 3.88. The van der Waals surface area contributed by atoms with Crippen molar-refractivity contribution >= 4 is 0 Å². The zero-order valence-electron chi connectivity index (χ0n) is 13.3. The number of hydrogen-bond donors (Lipinski definition) is 1. The first-order chi connectivity index (χ1) is 9.95. The van der Waals surface area contributed by atoms with E-state index in [2.05, 4.69) is 24.1 Å². The van der Waals surface area contributed by atoms with Crippen LogP contribution in [0.15, 0.2) is 18.2 Å². The van der Waals surface area contributed by atoms with Crippen LogP contribution in [0.25, 0.3) is 0 Å². The highest BCUT2D eigenvalue weighted by molar-refractivity contribution is 5.24. The SMILES string of the molecule is CNC(c1cc(F)cc(F)c1)C(C)(C)N1CCCCCC1. The van der Waals surface area contributed by atoms with E-state index in [1.807, 2.05) is 7.05 Å². The Balaban J connectivity index is 2.28. The van der Waals surface area contributed by atoms with Crippen molar-refractivity contribution in [3.05, 3.63) is 35.4 Å². The lowest BCUT2D eigenvalue weighted by Gasteiger charge is -2.44. The van der Waals surface area contributed by atoms with Crippen LogP contribution < -0.4 is 5.32 Å². The minimum absolute atomic E-state index is 0.110. The second-order valence-corrected chi connectivity index (χ2v) is 6.48. The molecule has 0 saturated carbocycles. The Kier molecular flexibility index (Phi) is 5.33. The molecule has 0 aliphatic carbocycles. The summed E-state index contributed by atoms with van der Waals surface area (Å²) in [6.07, 6.45) is 4.92. The summed E-state index contributed by atoms with van der Waals surface area (Å²) in [5.74, 6) is -1.03. The molecule has 1 saturated heterocycles. The zero-order chi connectivity index (χ0) is 15.5. The fourth-order valence-electron chi connectivity index (χ4n) is 3.50. The van der Waals surface area contributed by atoms with Crippen LogP contribution >= 0.6 is 0 Å². The van der Waals surface area contributed by atoms with Crippen molar-refractivity contribution in [3.8, 4) is 0 Å². The van der Waals surface area contributed by atoms with Gasteiger partial charge in [0.05, 0.1) is 6.04 Å². The highest BCUT2D eigenvalue weighted by atomic mass is 19.1. The van der Waals surface area contributed by atoms with Crippen molar-refractivity contribution in [3.63, 3.8) is 0 Å². The van der Waals surface area contributed by atoms with Gasteiger partial charge in [-0.3, -0.25) is 4.90 Å². The van der Waals surface area contributed by atoms with Crippen LogP contribution in [0.3, 0.4) is 0 Å². The maximum atomic E-state index is 13.5. The number of benzene rings is 1. The fraction of sp³-hybridized carbons (Fsp3) is 0.647. The van der Waals surface area contributed by atoms with Crippen molar-refractivity contribution in [2.75, 3.05) is 20.1 Å². The number of rotatable bonds is 4. The molecule has 0 aromatic heterocycles. The molecular weight excluding hydrogens is 270 g/mol. The smallest absolute Gasteiger partial charge is 0.126 e. The molecule has 0 spiro atoms. The van der Waals surface area contributed by atoms with E-state index in [0.29, 0.717) is 5.56 Å². The average molecular weight is 296 g/mol. The van der Waals surface area contributed by atoms with Gasteiger partial charge >= 0.3 is 0 Å². The highest BCUT2D eigenvalue weighted by Gasteiger charge is 2.36. The molecule has 118 valence electrons.